The van der Waals surface area contributed by atoms with Crippen LogP contribution in [0.4, 0.5) is 5.69 Å². The number of carbonyl (C=O) groups excluding carboxylic acids is 3. The van der Waals surface area contributed by atoms with E-state index in [9.17, 15) is 14.4 Å². The van der Waals surface area contributed by atoms with Gasteiger partial charge in [0.15, 0.2) is 0 Å². The van der Waals surface area contributed by atoms with Gasteiger partial charge in [0.05, 0.1) is 17.9 Å². The molecule has 41 heavy (non-hydrogen) atoms. The second-order valence-electron chi connectivity index (χ2n) is 13.0. The van der Waals surface area contributed by atoms with Crippen LogP contribution < -0.4 is 10.6 Å². The number of nitrogens with one attached hydrogen (secondary N) is 2. The molecule has 0 unspecified atom stereocenters. The molecule has 3 amide bonds. The lowest BCUT2D eigenvalue weighted by Crippen LogP contribution is -2.57. The van der Waals surface area contributed by atoms with Gasteiger partial charge in [0.1, 0.15) is 11.6 Å². The van der Waals surface area contributed by atoms with Crippen LogP contribution >= 0.6 is 0 Å². The van der Waals surface area contributed by atoms with E-state index in [-0.39, 0.29) is 23.8 Å². The molecule has 2 N–H and O–H groups in total. The Bertz CT molecular complexity index is 1190. The van der Waals surface area contributed by atoms with Gasteiger partial charge in [0.2, 0.25) is 17.7 Å². The van der Waals surface area contributed by atoms with Crippen molar-refractivity contribution >= 4 is 23.4 Å². The van der Waals surface area contributed by atoms with Gasteiger partial charge in [-0.15, -0.1) is 0 Å². The third kappa shape index (κ3) is 5.22. The molecule has 222 valence electrons. The highest BCUT2D eigenvalue weighted by atomic mass is 16.5. The number of anilines is 1. The molecule has 2 bridgehead atoms. The van der Waals surface area contributed by atoms with Crippen molar-refractivity contribution in [2.45, 2.75) is 108 Å². The summed E-state index contributed by atoms with van der Waals surface area (Å²) in [6.07, 6.45) is 13.3. The molecule has 1 saturated carbocycles. The normalized spacial score (nSPS) is 33.3. The molecule has 8 nitrogen and oxygen atoms in total. The fourth-order valence-corrected chi connectivity index (χ4v) is 8.36. The summed E-state index contributed by atoms with van der Waals surface area (Å²) in [7, 11) is 0. The highest BCUT2D eigenvalue weighted by Gasteiger charge is 2.72. The van der Waals surface area contributed by atoms with Crippen molar-refractivity contribution < 1.29 is 19.1 Å². The number of piperidine rings is 1. The number of hydrogen-bond acceptors (Lipinski definition) is 5. The van der Waals surface area contributed by atoms with Crippen molar-refractivity contribution in [2.24, 2.45) is 11.8 Å². The molecule has 4 aliphatic heterocycles. The third-order valence-electron chi connectivity index (χ3n) is 10.2. The summed E-state index contributed by atoms with van der Waals surface area (Å²) in [5.74, 6) is -1.89. The molecule has 5 aliphatic rings. The van der Waals surface area contributed by atoms with Gasteiger partial charge in [0.25, 0.3) is 0 Å². The van der Waals surface area contributed by atoms with Crippen LogP contribution in [0.15, 0.2) is 30.4 Å². The highest BCUT2D eigenvalue weighted by Crippen LogP contribution is 2.55. The van der Waals surface area contributed by atoms with Gasteiger partial charge < -0.3 is 20.3 Å². The maximum absolute atomic E-state index is 14.3. The predicted molar refractivity (Wildman–Crippen MR) is 158 cm³/mol. The van der Waals surface area contributed by atoms with E-state index in [1.807, 2.05) is 38.1 Å². The number of nitrogens with zero attached hydrogens (tertiary/aromatic N) is 2. The maximum atomic E-state index is 14.3. The molecule has 6 atom stereocenters. The lowest BCUT2D eigenvalue weighted by Gasteiger charge is -2.38. The molecule has 0 radical (unpaired) electrons. The van der Waals surface area contributed by atoms with Crippen molar-refractivity contribution in [3.8, 4) is 0 Å². The maximum Gasteiger partial charge on any atom is 0.246 e. The smallest absolute Gasteiger partial charge is 0.246 e. The fourth-order valence-electron chi connectivity index (χ4n) is 8.36. The summed E-state index contributed by atoms with van der Waals surface area (Å²) in [5, 5.41) is 6.36. The third-order valence-corrected chi connectivity index (χ3v) is 10.2. The minimum absolute atomic E-state index is 0.126. The van der Waals surface area contributed by atoms with Crippen molar-refractivity contribution in [1.82, 2.24) is 15.1 Å². The molecule has 1 aliphatic carbocycles. The Kier molecular flexibility index (Phi) is 7.98. The summed E-state index contributed by atoms with van der Waals surface area (Å²) in [5.41, 5.74) is 1.73. The van der Waals surface area contributed by atoms with Crippen LogP contribution in [0.5, 0.6) is 0 Å². The first-order chi connectivity index (χ1) is 19.8. The number of likely N-dealkylation sites (tertiary alicyclic amines) is 2. The van der Waals surface area contributed by atoms with Crippen LogP contribution in [0.3, 0.4) is 0 Å². The van der Waals surface area contributed by atoms with Crippen molar-refractivity contribution in [3.05, 3.63) is 41.5 Å². The standard InChI is InChI=1S/C33H46N4O4/c1-4-25-12-8-9-15-36(25)16-17-37-29(31(39)34-23-10-6-5-7-11-23)33-14-13-26(41-33)27(28(33)32(37)40)30(38)35-24-19-21(2)18-22(3)20-24/h13-14,18-20,23,25-29H,4-12,15-17H2,1-3H3,(H,34,39)(H,35,38)/t25-,26+,27+,28+,29-,33+/m1/s1. The monoisotopic (exact) mass is 562 g/mol. The zero-order chi connectivity index (χ0) is 28.7. The van der Waals surface area contributed by atoms with E-state index in [0.717, 1.165) is 68.4 Å². The molecule has 6 rings (SSSR count). The van der Waals surface area contributed by atoms with Gasteiger partial charge in [-0.05, 0) is 75.8 Å². The van der Waals surface area contributed by atoms with Crippen LogP contribution in [0, 0.1) is 25.7 Å². The molecular formula is C33H46N4O4. The Labute approximate surface area is 244 Å². The number of hydrogen-bond donors (Lipinski definition) is 2. The van der Waals surface area contributed by atoms with E-state index in [2.05, 4.69) is 28.5 Å². The summed E-state index contributed by atoms with van der Waals surface area (Å²) in [4.78, 5) is 46.4. The van der Waals surface area contributed by atoms with Gasteiger partial charge >= 0.3 is 0 Å². The number of rotatable bonds is 8. The predicted octanol–water partition coefficient (Wildman–Crippen LogP) is 4.11. The zero-order valence-electron chi connectivity index (χ0n) is 24.9. The van der Waals surface area contributed by atoms with Gasteiger partial charge in [-0.25, -0.2) is 0 Å². The molecule has 4 fully saturated rings. The molecule has 1 spiro atoms. The number of ether oxygens (including phenoxy) is 1. The molecule has 8 heteroatoms. The van der Waals surface area contributed by atoms with Crippen LogP contribution in [0.25, 0.3) is 0 Å². The molecule has 4 heterocycles. The second-order valence-corrected chi connectivity index (χ2v) is 13.0. The summed E-state index contributed by atoms with van der Waals surface area (Å²) in [6.45, 7) is 8.44. The second kappa shape index (κ2) is 11.5. The van der Waals surface area contributed by atoms with Gasteiger partial charge in [-0.2, -0.15) is 0 Å². The van der Waals surface area contributed by atoms with Crippen LogP contribution in [0.2, 0.25) is 0 Å². The van der Waals surface area contributed by atoms with Gasteiger partial charge in [-0.3, -0.25) is 19.3 Å². The number of carbonyl (C=O) groups is 3. The highest BCUT2D eigenvalue weighted by molar-refractivity contribution is 6.02. The minimum atomic E-state index is -1.11. The Morgan fingerprint density at radius 2 is 1.71 bits per heavy atom. The summed E-state index contributed by atoms with van der Waals surface area (Å²) < 4.78 is 6.55. The molecule has 1 aromatic carbocycles. The van der Waals surface area contributed by atoms with Crippen molar-refractivity contribution in [2.75, 3.05) is 25.0 Å². The molecule has 3 saturated heterocycles. The number of fused-ring (bicyclic) bond motifs is 1. The summed E-state index contributed by atoms with van der Waals surface area (Å²) in [6, 6.07) is 5.81. The lowest BCUT2D eigenvalue weighted by molar-refractivity contribution is -0.141. The van der Waals surface area contributed by atoms with Crippen LogP contribution in [-0.2, 0) is 19.1 Å². The average Bonchev–Trinajstić information content (AvgIpc) is 3.59. The largest absolute Gasteiger partial charge is 0.359 e. The lowest BCUT2D eigenvalue weighted by atomic mass is 9.74. The zero-order valence-corrected chi connectivity index (χ0v) is 24.9. The van der Waals surface area contributed by atoms with Gasteiger partial charge in [0, 0.05) is 30.9 Å². The minimum Gasteiger partial charge on any atom is -0.359 e. The molecule has 1 aromatic rings. The number of amides is 3. The van der Waals surface area contributed by atoms with Crippen LogP contribution in [-0.4, -0.2) is 77.0 Å². The fraction of sp³-hybridized carbons (Fsp3) is 0.667. The van der Waals surface area contributed by atoms with Crippen molar-refractivity contribution in [1.29, 1.82) is 0 Å². The van der Waals surface area contributed by atoms with E-state index in [0.29, 0.717) is 12.6 Å². The van der Waals surface area contributed by atoms with E-state index in [1.165, 1.54) is 19.3 Å². The van der Waals surface area contributed by atoms with Crippen molar-refractivity contribution in [3.63, 3.8) is 0 Å². The SMILES string of the molecule is CC[C@@H]1CCCCN1CCN1C(=O)[C@@H]2[C@@H](C(=O)Nc3cc(C)cc(C)c3)[C@@H]3C=C[C@@]2(O3)[C@H]1C(=O)NC1CCCCC1. The molecular weight excluding hydrogens is 516 g/mol. The van der Waals surface area contributed by atoms with E-state index in [1.54, 1.807) is 4.90 Å². The first-order valence-electron chi connectivity index (χ1n) is 15.9. The summed E-state index contributed by atoms with van der Waals surface area (Å²) >= 11 is 0. The first-order valence-corrected chi connectivity index (χ1v) is 15.9. The van der Waals surface area contributed by atoms with Gasteiger partial charge in [-0.1, -0.05) is 50.8 Å². The Balaban J connectivity index is 1.27. The average molecular weight is 563 g/mol. The quantitative estimate of drug-likeness (QED) is 0.466. The van der Waals surface area contributed by atoms with E-state index < -0.39 is 29.6 Å². The Morgan fingerprint density at radius 3 is 2.44 bits per heavy atom. The van der Waals surface area contributed by atoms with Crippen LogP contribution in [0.1, 0.15) is 75.8 Å². The Hall–Kier alpha value is -2.71. The van der Waals surface area contributed by atoms with E-state index >= 15 is 0 Å². The Morgan fingerprint density at radius 1 is 0.976 bits per heavy atom. The number of benzene rings is 1. The first kappa shape index (κ1) is 28.4. The number of aryl methyl sites for hydroxylation is 2. The van der Waals surface area contributed by atoms with E-state index in [4.69, 9.17) is 4.74 Å². The molecule has 0 aromatic heterocycles. The topological polar surface area (TPSA) is 91.0 Å².